The van der Waals surface area contributed by atoms with E-state index in [1.165, 1.54) is 0 Å². The third-order valence-electron chi connectivity index (χ3n) is 4.08. The Balaban J connectivity index is 0.00000200. The van der Waals surface area contributed by atoms with E-state index in [0.29, 0.717) is 25.6 Å². The number of nitrogens with one attached hydrogen (secondary N) is 1. The minimum atomic E-state index is -2.94. The summed E-state index contributed by atoms with van der Waals surface area (Å²) in [5.41, 5.74) is 0. The van der Waals surface area contributed by atoms with E-state index >= 15 is 0 Å². The van der Waals surface area contributed by atoms with Crippen LogP contribution in [0.15, 0.2) is 0 Å². The van der Waals surface area contributed by atoms with Gasteiger partial charge in [0.15, 0.2) is 9.84 Å². The van der Waals surface area contributed by atoms with E-state index in [9.17, 15) is 13.2 Å². The van der Waals surface area contributed by atoms with Crippen molar-refractivity contribution in [1.82, 2.24) is 15.1 Å². The second-order valence-electron chi connectivity index (χ2n) is 5.46. The van der Waals surface area contributed by atoms with Crippen molar-refractivity contribution in [3.63, 3.8) is 0 Å². The van der Waals surface area contributed by atoms with E-state index in [0.717, 1.165) is 13.1 Å². The molecule has 0 aromatic rings. The van der Waals surface area contributed by atoms with Gasteiger partial charge >= 0.3 is 0 Å². The standard InChI is InChI=1S/C12H23N3O3S.ClH/c1-3-15(10-4-5-19(17,18)9-10)12(16)8-14(2)11-6-13-7-11;/h10-11,13H,3-9H2,1-2H3;1H. The van der Waals surface area contributed by atoms with Gasteiger partial charge in [0.2, 0.25) is 5.91 Å². The van der Waals surface area contributed by atoms with E-state index in [1.54, 1.807) is 4.90 Å². The van der Waals surface area contributed by atoms with Gasteiger partial charge in [0.25, 0.3) is 0 Å². The maximum atomic E-state index is 12.3. The van der Waals surface area contributed by atoms with Crippen LogP contribution in [0.1, 0.15) is 13.3 Å². The van der Waals surface area contributed by atoms with Crippen LogP contribution in [0.3, 0.4) is 0 Å². The summed E-state index contributed by atoms with van der Waals surface area (Å²) in [6.07, 6.45) is 0.580. The average Bonchev–Trinajstić information content (AvgIpc) is 2.56. The average molecular weight is 326 g/mol. The molecule has 20 heavy (non-hydrogen) atoms. The molecule has 0 radical (unpaired) electrons. The van der Waals surface area contributed by atoms with Crippen LogP contribution in [0.5, 0.6) is 0 Å². The highest BCUT2D eigenvalue weighted by atomic mass is 35.5. The van der Waals surface area contributed by atoms with Crippen molar-refractivity contribution in [3.05, 3.63) is 0 Å². The molecule has 2 heterocycles. The molecule has 8 heteroatoms. The molecule has 6 nitrogen and oxygen atoms in total. The Labute approximate surface area is 127 Å². The second-order valence-corrected chi connectivity index (χ2v) is 7.69. The molecule has 0 aromatic carbocycles. The quantitative estimate of drug-likeness (QED) is 0.727. The Bertz CT molecular complexity index is 439. The molecule has 2 aliphatic rings. The van der Waals surface area contributed by atoms with Crippen molar-refractivity contribution >= 4 is 28.2 Å². The van der Waals surface area contributed by atoms with Crippen LogP contribution in [0.2, 0.25) is 0 Å². The third-order valence-corrected chi connectivity index (χ3v) is 5.83. The molecule has 0 bridgehead atoms. The van der Waals surface area contributed by atoms with Gasteiger partial charge < -0.3 is 10.2 Å². The first kappa shape index (κ1) is 17.7. The Morgan fingerprint density at radius 3 is 2.35 bits per heavy atom. The predicted molar refractivity (Wildman–Crippen MR) is 81.0 cm³/mol. The zero-order chi connectivity index (χ0) is 14.0. The zero-order valence-electron chi connectivity index (χ0n) is 12.0. The SMILES string of the molecule is CCN(C(=O)CN(C)C1CNC1)C1CCS(=O)(=O)C1.Cl. The first-order chi connectivity index (χ1) is 8.93. The summed E-state index contributed by atoms with van der Waals surface area (Å²) in [5, 5.41) is 3.18. The number of halogens is 1. The number of amides is 1. The lowest BCUT2D eigenvalue weighted by Gasteiger charge is -2.37. The molecular formula is C12H24ClN3O3S. The topological polar surface area (TPSA) is 69.7 Å². The molecule has 1 atom stereocenters. The van der Waals surface area contributed by atoms with Crippen molar-refractivity contribution in [1.29, 1.82) is 0 Å². The van der Waals surface area contributed by atoms with Gasteiger partial charge in [-0.15, -0.1) is 12.4 Å². The van der Waals surface area contributed by atoms with Crippen LogP contribution in [0, 0.1) is 0 Å². The molecule has 2 aliphatic heterocycles. The molecule has 1 amide bonds. The van der Waals surface area contributed by atoms with E-state index < -0.39 is 9.84 Å². The van der Waals surface area contributed by atoms with Crippen LogP contribution in [0.25, 0.3) is 0 Å². The Morgan fingerprint density at radius 2 is 1.95 bits per heavy atom. The predicted octanol–water partition coefficient (Wildman–Crippen LogP) is -0.653. The van der Waals surface area contributed by atoms with E-state index in [-0.39, 0.29) is 35.9 Å². The minimum absolute atomic E-state index is 0. The number of rotatable bonds is 5. The van der Waals surface area contributed by atoms with Crippen LogP contribution >= 0.6 is 12.4 Å². The summed E-state index contributed by atoms with van der Waals surface area (Å²) in [6.45, 7) is 4.71. The number of carbonyl (C=O) groups is 1. The van der Waals surface area contributed by atoms with Crippen LogP contribution < -0.4 is 5.32 Å². The summed E-state index contributed by atoms with van der Waals surface area (Å²) in [4.78, 5) is 16.1. The smallest absolute Gasteiger partial charge is 0.237 e. The summed E-state index contributed by atoms with van der Waals surface area (Å²) in [7, 11) is -0.993. The van der Waals surface area contributed by atoms with Crippen molar-refractivity contribution in [3.8, 4) is 0 Å². The monoisotopic (exact) mass is 325 g/mol. The van der Waals surface area contributed by atoms with Gasteiger partial charge in [0, 0.05) is 31.7 Å². The molecular weight excluding hydrogens is 302 g/mol. The molecule has 0 spiro atoms. The minimum Gasteiger partial charge on any atom is -0.338 e. The molecule has 1 N–H and O–H groups in total. The zero-order valence-corrected chi connectivity index (χ0v) is 13.7. The Kier molecular flexibility index (Phi) is 6.25. The number of hydrogen-bond acceptors (Lipinski definition) is 5. The molecule has 0 saturated carbocycles. The number of nitrogens with zero attached hydrogens (tertiary/aromatic N) is 2. The lowest BCUT2D eigenvalue weighted by molar-refractivity contribution is -0.134. The van der Waals surface area contributed by atoms with Gasteiger partial charge in [-0.25, -0.2) is 8.42 Å². The lowest BCUT2D eigenvalue weighted by Crippen LogP contribution is -2.58. The fourth-order valence-electron chi connectivity index (χ4n) is 2.68. The first-order valence-corrected chi connectivity index (χ1v) is 8.66. The fourth-order valence-corrected chi connectivity index (χ4v) is 4.41. The number of likely N-dealkylation sites (N-methyl/N-ethyl adjacent to an activating group) is 2. The highest BCUT2D eigenvalue weighted by Crippen LogP contribution is 2.18. The summed E-state index contributed by atoms with van der Waals surface area (Å²) >= 11 is 0. The lowest BCUT2D eigenvalue weighted by atomic mass is 10.1. The van der Waals surface area contributed by atoms with Gasteiger partial charge in [0.05, 0.1) is 18.1 Å². The highest BCUT2D eigenvalue weighted by molar-refractivity contribution is 7.91. The van der Waals surface area contributed by atoms with Gasteiger partial charge in [-0.3, -0.25) is 9.69 Å². The highest BCUT2D eigenvalue weighted by Gasteiger charge is 2.34. The van der Waals surface area contributed by atoms with E-state index in [4.69, 9.17) is 0 Å². The maximum absolute atomic E-state index is 12.3. The first-order valence-electron chi connectivity index (χ1n) is 6.84. The third kappa shape index (κ3) is 4.07. The number of sulfone groups is 1. The Morgan fingerprint density at radius 1 is 1.30 bits per heavy atom. The largest absolute Gasteiger partial charge is 0.338 e. The Hall–Kier alpha value is -0.370. The fraction of sp³-hybridized carbons (Fsp3) is 0.917. The van der Waals surface area contributed by atoms with Crippen molar-refractivity contribution in [2.75, 3.05) is 44.7 Å². The summed E-state index contributed by atoms with van der Waals surface area (Å²) in [6, 6.07) is 0.297. The van der Waals surface area contributed by atoms with Crippen LogP contribution in [-0.2, 0) is 14.6 Å². The van der Waals surface area contributed by atoms with Crippen LogP contribution in [0.4, 0.5) is 0 Å². The second kappa shape index (κ2) is 7.06. The summed E-state index contributed by atoms with van der Waals surface area (Å²) < 4.78 is 23.0. The van der Waals surface area contributed by atoms with Gasteiger partial charge in [0.1, 0.15) is 0 Å². The van der Waals surface area contributed by atoms with E-state index in [1.807, 2.05) is 18.9 Å². The molecule has 0 aliphatic carbocycles. The molecule has 2 saturated heterocycles. The molecule has 2 fully saturated rings. The van der Waals surface area contributed by atoms with Gasteiger partial charge in [-0.2, -0.15) is 0 Å². The number of carbonyl (C=O) groups excluding carboxylic acids is 1. The van der Waals surface area contributed by atoms with Crippen molar-refractivity contribution in [2.24, 2.45) is 0 Å². The van der Waals surface area contributed by atoms with Gasteiger partial charge in [-0.05, 0) is 20.4 Å². The van der Waals surface area contributed by atoms with Crippen LogP contribution in [-0.4, -0.2) is 80.9 Å². The van der Waals surface area contributed by atoms with Crippen molar-refractivity contribution < 1.29 is 13.2 Å². The van der Waals surface area contributed by atoms with Gasteiger partial charge in [-0.1, -0.05) is 0 Å². The molecule has 1 unspecified atom stereocenters. The van der Waals surface area contributed by atoms with Crippen molar-refractivity contribution in [2.45, 2.75) is 25.4 Å². The molecule has 0 aromatic heterocycles. The maximum Gasteiger partial charge on any atom is 0.237 e. The molecule has 118 valence electrons. The molecule has 2 rings (SSSR count). The summed E-state index contributed by atoms with van der Waals surface area (Å²) in [5.74, 6) is 0.379. The van der Waals surface area contributed by atoms with E-state index in [2.05, 4.69) is 5.32 Å². The normalized spacial score (nSPS) is 25.1. The number of hydrogen-bond donors (Lipinski definition) is 1.